The number of carbonyl (C=O) groups excluding carboxylic acids is 1. The maximum Gasteiger partial charge on any atom is 0.303 e. The molecule has 1 rings (SSSR count). The highest BCUT2D eigenvalue weighted by molar-refractivity contribution is 6.31. The van der Waals surface area contributed by atoms with Gasteiger partial charge in [-0.3, -0.25) is 9.59 Å². The summed E-state index contributed by atoms with van der Waals surface area (Å²) in [6, 6.07) is 5.77. The van der Waals surface area contributed by atoms with E-state index in [2.05, 4.69) is 5.32 Å². The first kappa shape index (κ1) is 16.5. The van der Waals surface area contributed by atoms with E-state index in [1.165, 1.54) is 0 Å². The number of carboxylic acids is 1. The summed E-state index contributed by atoms with van der Waals surface area (Å²) in [7, 11) is 0. The Morgan fingerprint density at radius 2 is 2.10 bits per heavy atom. The molecule has 0 aliphatic rings. The summed E-state index contributed by atoms with van der Waals surface area (Å²) in [5, 5.41) is 12.1. The molecule has 20 heavy (non-hydrogen) atoms. The van der Waals surface area contributed by atoms with E-state index in [1.807, 2.05) is 25.1 Å². The largest absolute Gasteiger partial charge is 0.481 e. The minimum Gasteiger partial charge on any atom is -0.481 e. The van der Waals surface area contributed by atoms with Crippen molar-refractivity contribution in [2.45, 2.75) is 33.1 Å². The van der Waals surface area contributed by atoms with Crippen molar-refractivity contribution >= 4 is 23.5 Å². The molecular formula is C15H20ClNO3. The van der Waals surface area contributed by atoms with E-state index in [1.54, 1.807) is 6.92 Å². The van der Waals surface area contributed by atoms with Crippen LogP contribution in [0.2, 0.25) is 5.02 Å². The van der Waals surface area contributed by atoms with Crippen molar-refractivity contribution < 1.29 is 14.7 Å². The number of nitrogens with one attached hydrogen (secondary N) is 1. The Morgan fingerprint density at radius 3 is 2.70 bits per heavy atom. The maximum absolute atomic E-state index is 11.7. The third-order valence-electron chi connectivity index (χ3n) is 3.05. The Balaban J connectivity index is 2.32. The van der Waals surface area contributed by atoms with Gasteiger partial charge in [-0.25, -0.2) is 0 Å². The van der Waals surface area contributed by atoms with Crippen molar-refractivity contribution in [3.63, 3.8) is 0 Å². The summed E-state index contributed by atoms with van der Waals surface area (Å²) in [5.74, 6) is -0.981. The third kappa shape index (κ3) is 6.06. The molecule has 1 atom stereocenters. The van der Waals surface area contributed by atoms with Crippen LogP contribution in [0.3, 0.4) is 0 Å². The summed E-state index contributed by atoms with van der Waals surface area (Å²) in [4.78, 5) is 22.2. The number of benzene rings is 1. The van der Waals surface area contributed by atoms with Crippen molar-refractivity contribution in [1.82, 2.24) is 5.32 Å². The summed E-state index contributed by atoms with van der Waals surface area (Å²) >= 11 is 6.02. The Morgan fingerprint density at radius 1 is 1.40 bits per heavy atom. The van der Waals surface area contributed by atoms with Gasteiger partial charge in [0, 0.05) is 24.4 Å². The van der Waals surface area contributed by atoms with Crippen molar-refractivity contribution in [3.8, 4) is 0 Å². The smallest absolute Gasteiger partial charge is 0.303 e. The molecule has 0 saturated carbocycles. The molecule has 0 bridgehead atoms. The van der Waals surface area contributed by atoms with E-state index in [0.29, 0.717) is 24.4 Å². The monoisotopic (exact) mass is 297 g/mol. The lowest BCUT2D eigenvalue weighted by atomic mass is 10.1. The van der Waals surface area contributed by atoms with E-state index in [0.717, 1.165) is 11.1 Å². The molecule has 1 aromatic carbocycles. The van der Waals surface area contributed by atoms with Crippen LogP contribution in [-0.2, 0) is 16.0 Å². The molecule has 0 spiro atoms. The molecule has 1 unspecified atom stereocenters. The molecule has 110 valence electrons. The first-order valence-electron chi connectivity index (χ1n) is 6.62. The predicted octanol–water partition coefficient (Wildman–Crippen LogP) is 2.81. The SMILES string of the molecule is Cc1ccc(CCC(=O)NCC(C)CC(=O)O)cc1Cl. The lowest BCUT2D eigenvalue weighted by Gasteiger charge is -2.10. The highest BCUT2D eigenvalue weighted by Crippen LogP contribution is 2.17. The van der Waals surface area contributed by atoms with E-state index in [9.17, 15) is 9.59 Å². The number of hydrogen-bond acceptors (Lipinski definition) is 2. The number of carboxylic acid groups (broad SMARTS) is 1. The predicted molar refractivity (Wildman–Crippen MR) is 78.9 cm³/mol. The van der Waals surface area contributed by atoms with E-state index in [4.69, 9.17) is 16.7 Å². The number of aryl methyl sites for hydroxylation is 2. The zero-order chi connectivity index (χ0) is 15.1. The maximum atomic E-state index is 11.7. The summed E-state index contributed by atoms with van der Waals surface area (Å²) in [5.41, 5.74) is 2.04. The van der Waals surface area contributed by atoms with Crippen LogP contribution in [-0.4, -0.2) is 23.5 Å². The summed E-state index contributed by atoms with van der Waals surface area (Å²) in [6.07, 6.45) is 1.06. The van der Waals surface area contributed by atoms with Crippen LogP contribution < -0.4 is 5.32 Å². The second kappa shape index (κ2) is 7.90. The highest BCUT2D eigenvalue weighted by atomic mass is 35.5. The fraction of sp³-hybridized carbons (Fsp3) is 0.467. The number of rotatable bonds is 7. The lowest BCUT2D eigenvalue weighted by Crippen LogP contribution is -2.29. The van der Waals surface area contributed by atoms with Gasteiger partial charge < -0.3 is 10.4 Å². The zero-order valence-corrected chi connectivity index (χ0v) is 12.5. The topological polar surface area (TPSA) is 66.4 Å². The standard InChI is InChI=1S/C15H20ClNO3/c1-10(7-15(19)20)9-17-14(18)6-5-12-4-3-11(2)13(16)8-12/h3-4,8,10H,5-7,9H2,1-2H3,(H,17,18)(H,19,20). The fourth-order valence-electron chi connectivity index (χ4n) is 1.80. The van der Waals surface area contributed by atoms with Gasteiger partial charge in [-0.15, -0.1) is 0 Å². The Kier molecular flexibility index (Phi) is 6.52. The minimum atomic E-state index is -0.846. The molecule has 0 aromatic heterocycles. The van der Waals surface area contributed by atoms with Crippen LogP contribution in [0.4, 0.5) is 0 Å². The van der Waals surface area contributed by atoms with Crippen LogP contribution in [0.25, 0.3) is 0 Å². The van der Waals surface area contributed by atoms with Crippen LogP contribution in [0, 0.1) is 12.8 Å². The molecule has 1 aromatic rings. The number of halogens is 1. The van der Waals surface area contributed by atoms with Gasteiger partial charge >= 0.3 is 5.97 Å². The molecule has 1 amide bonds. The number of hydrogen-bond donors (Lipinski definition) is 2. The Hall–Kier alpha value is -1.55. The normalized spacial score (nSPS) is 11.9. The van der Waals surface area contributed by atoms with E-state index >= 15 is 0 Å². The van der Waals surface area contributed by atoms with Gasteiger partial charge in [-0.1, -0.05) is 30.7 Å². The molecule has 0 aliphatic heterocycles. The molecule has 5 heteroatoms. The Labute approximate surface area is 124 Å². The number of carbonyl (C=O) groups is 2. The van der Waals surface area contributed by atoms with Gasteiger partial charge in [0.25, 0.3) is 0 Å². The first-order valence-corrected chi connectivity index (χ1v) is 6.99. The zero-order valence-electron chi connectivity index (χ0n) is 11.8. The van der Waals surface area contributed by atoms with Gasteiger partial charge in [-0.05, 0) is 36.5 Å². The molecule has 0 saturated heterocycles. The lowest BCUT2D eigenvalue weighted by molar-refractivity contribution is -0.138. The van der Waals surface area contributed by atoms with Gasteiger partial charge in [0.1, 0.15) is 0 Å². The van der Waals surface area contributed by atoms with Crippen molar-refractivity contribution in [1.29, 1.82) is 0 Å². The summed E-state index contributed by atoms with van der Waals surface area (Å²) < 4.78 is 0. The third-order valence-corrected chi connectivity index (χ3v) is 3.45. The number of amides is 1. The van der Waals surface area contributed by atoms with E-state index in [-0.39, 0.29) is 18.2 Å². The first-order chi connectivity index (χ1) is 9.38. The number of aliphatic carboxylic acids is 1. The molecule has 0 aliphatic carbocycles. The van der Waals surface area contributed by atoms with Crippen LogP contribution in [0.1, 0.15) is 30.9 Å². The summed E-state index contributed by atoms with van der Waals surface area (Å²) in [6.45, 7) is 4.12. The van der Waals surface area contributed by atoms with Gasteiger partial charge in [0.2, 0.25) is 5.91 Å². The average molecular weight is 298 g/mol. The van der Waals surface area contributed by atoms with Crippen LogP contribution >= 0.6 is 11.6 Å². The highest BCUT2D eigenvalue weighted by Gasteiger charge is 2.09. The Bertz CT molecular complexity index is 488. The van der Waals surface area contributed by atoms with Gasteiger partial charge in [0.15, 0.2) is 0 Å². The van der Waals surface area contributed by atoms with Gasteiger partial charge in [-0.2, -0.15) is 0 Å². The second-order valence-electron chi connectivity index (χ2n) is 5.09. The molecular weight excluding hydrogens is 278 g/mol. The van der Waals surface area contributed by atoms with Gasteiger partial charge in [0.05, 0.1) is 0 Å². The van der Waals surface area contributed by atoms with Crippen molar-refractivity contribution in [2.24, 2.45) is 5.92 Å². The molecule has 4 nitrogen and oxygen atoms in total. The molecule has 0 radical (unpaired) electrons. The van der Waals surface area contributed by atoms with E-state index < -0.39 is 5.97 Å². The second-order valence-corrected chi connectivity index (χ2v) is 5.50. The molecule has 0 heterocycles. The average Bonchev–Trinajstić information content (AvgIpc) is 2.37. The molecule has 2 N–H and O–H groups in total. The van der Waals surface area contributed by atoms with Crippen molar-refractivity contribution in [3.05, 3.63) is 34.3 Å². The van der Waals surface area contributed by atoms with Crippen LogP contribution in [0.5, 0.6) is 0 Å². The quantitative estimate of drug-likeness (QED) is 0.813. The fourth-order valence-corrected chi connectivity index (χ4v) is 2.00. The molecule has 0 fully saturated rings. The van der Waals surface area contributed by atoms with Crippen molar-refractivity contribution in [2.75, 3.05) is 6.54 Å². The van der Waals surface area contributed by atoms with Crippen LogP contribution in [0.15, 0.2) is 18.2 Å². The minimum absolute atomic E-state index is 0.0633.